The zero-order valence-electron chi connectivity index (χ0n) is 10.2. The Morgan fingerprint density at radius 1 is 1.56 bits per heavy atom. The predicted octanol–water partition coefficient (Wildman–Crippen LogP) is 1.32. The second-order valence-electron chi connectivity index (χ2n) is 3.66. The van der Waals surface area contributed by atoms with Crippen molar-refractivity contribution in [3.8, 4) is 0 Å². The fraction of sp³-hybridized carbons (Fsp3) is 0.455. The van der Waals surface area contributed by atoms with Crippen LogP contribution in [-0.2, 0) is 4.74 Å². The van der Waals surface area contributed by atoms with Crippen molar-refractivity contribution in [3.63, 3.8) is 0 Å². The van der Waals surface area contributed by atoms with Gasteiger partial charge in [-0.3, -0.25) is 0 Å². The Morgan fingerprint density at radius 3 is 2.89 bits per heavy atom. The van der Waals surface area contributed by atoms with Crippen LogP contribution < -0.4 is 10.6 Å². The fourth-order valence-corrected chi connectivity index (χ4v) is 1.51. The quantitative estimate of drug-likeness (QED) is 0.339. The number of nitrogens with two attached hydrogens (primary N) is 1. The lowest BCUT2D eigenvalue weighted by molar-refractivity contribution is 0.205. The maximum Gasteiger partial charge on any atom is 0.140 e. The molecule has 100 valence electrons. The van der Waals surface area contributed by atoms with Gasteiger partial charge in [-0.25, -0.2) is 4.98 Å². The van der Waals surface area contributed by atoms with Crippen LogP contribution in [0.15, 0.2) is 23.5 Å². The number of anilines is 1. The van der Waals surface area contributed by atoms with E-state index < -0.39 is 0 Å². The highest BCUT2D eigenvalue weighted by atomic mass is 35.5. The zero-order chi connectivity index (χ0) is 13.4. The van der Waals surface area contributed by atoms with E-state index >= 15 is 0 Å². The topological polar surface area (TPSA) is 84.0 Å². The summed E-state index contributed by atoms with van der Waals surface area (Å²) in [6.07, 6.45) is 2.03. The van der Waals surface area contributed by atoms with Gasteiger partial charge in [-0.15, -0.1) is 0 Å². The van der Waals surface area contributed by atoms with E-state index in [1.54, 1.807) is 19.4 Å². The van der Waals surface area contributed by atoms with Crippen LogP contribution in [0.2, 0.25) is 5.02 Å². The second-order valence-corrected chi connectivity index (χ2v) is 4.09. The van der Waals surface area contributed by atoms with E-state index in [1.807, 2.05) is 11.0 Å². The second kappa shape index (κ2) is 7.73. The van der Waals surface area contributed by atoms with Gasteiger partial charge >= 0.3 is 0 Å². The number of nitrogens with zero attached hydrogens (tertiary/aromatic N) is 3. The first-order valence-electron chi connectivity index (χ1n) is 5.49. The van der Waals surface area contributed by atoms with Gasteiger partial charge in [0.25, 0.3) is 0 Å². The third-order valence-corrected chi connectivity index (χ3v) is 2.59. The van der Waals surface area contributed by atoms with Crippen molar-refractivity contribution in [3.05, 3.63) is 23.4 Å². The summed E-state index contributed by atoms with van der Waals surface area (Å²) >= 11 is 5.79. The molecule has 0 aliphatic rings. The smallest absolute Gasteiger partial charge is 0.140 e. The molecule has 6 nitrogen and oxygen atoms in total. The van der Waals surface area contributed by atoms with Crippen LogP contribution in [0.5, 0.6) is 0 Å². The number of aromatic nitrogens is 1. The lowest BCUT2D eigenvalue weighted by Gasteiger charge is -2.23. The number of methoxy groups -OCH3 is 1. The molecule has 0 bridgehead atoms. The number of ether oxygens (including phenoxy) is 1. The largest absolute Gasteiger partial charge is 0.409 e. The molecule has 1 aromatic rings. The molecule has 0 aliphatic heterocycles. The Hall–Kier alpha value is -1.53. The monoisotopic (exact) mass is 272 g/mol. The van der Waals surface area contributed by atoms with Gasteiger partial charge in [-0.2, -0.15) is 0 Å². The Kier molecular flexibility index (Phi) is 6.24. The molecule has 0 saturated heterocycles. The van der Waals surface area contributed by atoms with Gasteiger partial charge in [0, 0.05) is 32.8 Å². The summed E-state index contributed by atoms with van der Waals surface area (Å²) in [6, 6.07) is 3.59. The molecular weight excluding hydrogens is 256 g/mol. The van der Waals surface area contributed by atoms with E-state index in [0.29, 0.717) is 31.1 Å². The molecule has 0 aliphatic carbocycles. The maximum atomic E-state index is 8.52. The number of oxime groups is 1. The van der Waals surface area contributed by atoms with Gasteiger partial charge in [0.2, 0.25) is 0 Å². The molecular formula is C11H17ClN4O2. The third kappa shape index (κ3) is 4.77. The normalized spacial score (nSPS) is 11.6. The highest BCUT2D eigenvalue weighted by molar-refractivity contribution is 6.30. The minimum Gasteiger partial charge on any atom is -0.409 e. The maximum absolute atomic E-state index is 8.52. The Morgan fingerprint density at radius 2 is 2.33 bits per heavy atom. The molecule has 0 saturated carbocycles. The van der Waals surface area contributed by atoms with Crippen LogP contribution in [0.1, 0.15) is 6.42 Å². The summed E-state index contributed by atoms with van der Waals surface area (Å²) < 4.78 is 5.04. The first kappa shape index (κ1) is 14.5. The van der Waals surface area contributed by atoms with Crippen LogP contribution in [0.25, 0.3) is 0 Å². The van der Waals surface area contributed by atoms with Crippen LogP contribution in [-0.4, -0.2) is 42.8 Å². The van der Waals surface area contributed by atoms with Crippen molar-refractivity contribution in [1.82, 2.24) is 4.98 Å². The first-order valence-corrected chi connectivity index (χ1v) is 5.87. The number of hydrogen-bond acceptors (Lipinski definition) is 5. The minimum atomic E-state index is 0.186. The van der Waals surface area contributed by atoms with E-state index in [4.69, 9.17) is 27.3 Å². The van der Waals surface area contributed by atoms with Gasteiger partial charge in [0.1, 0.15) is 11.7 Å². The number of halogens is 1. The summed E-state index contributed by atoms with van der Waals surface area (Å²) in [7, 11) is 1.64. The molecule has 0 radical (unpaired) electrons. The van der Waals surface area contributed by atoms with Gasteiger partial charge in [-0.05, 0) is 12.1 Å². The summed E-state index contributed by atoms with van der Waals surface area (Å²) in [5.74, 6) is 0.966. The van der Waals surface area contributed by atoms with Crippen molar-refractivity contribution in [2.45, 2.75) is 6.42 Å². The van der Waals surface area contributed by atoms with Crippen LogP contribution in [0.4, 0.5) is 5.82 Å². The Balaban J connectivity index is 2.67. The molecule has 0 fully saturated rings. The standard InChI is InChI=1S/C11H17ClN4O2/c1-18-7-6-16(5-4-10(13)15-17)11-3-2-9(12)8-14-11/h2-3,8,17H,4-7H2,1H3,(H2,13,15). The fourth-order valence-electron chi connectivity index (χ4n) is 1.40. The molecule has 0 aromatic carbocycles. The molecule has 7 heteroatoms. The highest BCUT2D eigenvalue weighted by Gasteiger charge is 2.08. The molecule has 18 heavy (non-hydrogen) atoms. The average molecular weight is 273 g/mol. The van der Waals surface area contributed by atoms with Crippen molar-refractivity contribution in [2.24, 2.45) is 10.9 Å². The number of pyridine rings is 1. The highest BCUT2D eigenvalue weighted by Crippen LogP contribution is 2.14. The molecule has 0 spiro atoms. The lowest BCUT2D eigenvalue weighted by atomic mass is 10.3. The molecule has 1 aromatic heterocycles. The van der Waals surface area contributed by atoms with Gasteiger partial charge in [-0.1, -0.05) is 16.8 Å². The van der Waals surface area contributed by atoms with E-state index in [2.05, 4.69) is 10.1 Å². The van der Waals surface area contributed by atoms with E-state index in [9.17, 15) is 0 Å². The summed E-state index contributed by atoms with van der Waals surface area (Å²) in [6.45, 7) is 1.83. The SMILES string of the molecule is COCCN(CCC(N)=NO)c1ccc(Cl)cn1. The van der Waals surface area contributed by atoms with Crippen LogP contribution >= 0.6 is 11.6 Å². The molecule has 1 heterocycles. The van der Waals surface area contributed by atoms with Gasteiger partial charge in [0.15, 0.2) is 0 Å². The van der Waals surface area contributed by atoms with Crippen molar-refractivity contribution in [2.75, 3.05) is 31.7 Å². The van der Waals surface area contributed by atoms with E-state index in [0.717, 1.165) is 5.82 Å². The molecule has 0 amide bonds. The summed E-state index contributed by atoms with van der Waals surface area (Å²) in [5.41, 5.74) is 5.45. The molecule has 0 unspecified atom stereocenters. The lowest BCUT2D eigenvalue weighted by Crippen LogP contribution is -2.31. The van der Waals surface area contributed by atoms with Gasteiger partial charge in [0.05, 0.1) is 11.6 Å². The minimum absolute atomic E-state index is 0.186. The van der Waals surface area contributed by atoms with Crippen molar-refractivity contribution >= 4 is 23.3 Å². The molecule has 3 N–H and O–H groups in total. The van der Waals surface area contributed by atoms with Crippen LogP contribution in [0.3, 0.4) is 0 Å². The van der Waals surface area contributed by atoms with Crippen LogP contribution in [0, 0.1) is 0 Å². The Bertz CT molecular complexity index is 383. The van der Waals surface area contributed by atoms with Gasteiger partial charge < -0.3 is 20.6 Å². The summed E-state index contributed by atoms with van der Waals surface area (Å²) in [5, 5.41) is 12.0. The van der Waals surface area contributed by atoms with Crippen molar-refractivity contribution in [1.29, 1.82) is 0 Å². The predicted molar refractivity (Wildman–Crippen MR) is 71.4 cm³/mol. The van der Waals surface area contributed by atoms with Crippen molar-refractivity contribution < 1.29 is 9.94 Å². The third-order valence-electron chi connectivity index (χ3n) is 2.37. The molecule has 0 atom stereocenters. The zero-order valence-corrected chi connectivity index (χ0v) is 11.0. The number of rotatable bonds is 7. The summed E-state index contributed by atoms with van der Waals surface area (Å²) in [4.78, 5) is 6.21. The number of hydrogen-bond donors (Lipinski definition) is 2. The average Bonchev–Trinajstić information content (AvgIpc) is 2.40. The Labute approximate surface area is 111 Å². The van der Waals surface area contributed by atoms with E-state index in [-0.39, 0.29) is 5.84 Å². The molecule has 1 rings (SSSR count). The first-order chi connectivity index (χ1) is 8.67. The van der Waals surface area contributed by atoms with E-state index in [1.165, 1.54) is 0 Å². The number of amidine groups is 1.